The van der Waals surface area contributed by atoms with Gasteiger partial charge in [-0.3, -0.25) is 0 Å². The minimum atomic E-state index is -0.975. The van der Waals surface area contributed by atoms with Crippen molar-refractivity contribution in [3.05, 3.63) is 42.2 Å². The van der Waals surface area contributed by atoms with E-state index in [0.717, 1.165) is 0 Å². The van der Waals surface area contributed by atoms with E-state index in [0.29, 0.717) is 17.1 Å². The van der Waals surface area contributed by atoms with E-state index >= 15 is 0 Å². The maximum absolute atomic E-state index is 10.8. The number of carboxylic acid groups (broad SMARTS) is 1. The highest BCUT2D eigenvalue weighted by Crippen LogP contribution is 2.16. The minimum absolute atomic E-state index is 0.206. The molecule has 0 aliphatic heterocycles. The maximum Gasteiger partial charge on any atom is 0.335 e. The SMILES string of the molecule is Nc1cnc(-c2cccc(C(=O)O)c2)nc1. The van der Waals surface area contributed by atoms with E-state index in [9.17, 15) is 4.79 Å². The van der Waals surface area contributed by atoms with Crippen LogP contribution in [0.1, 0.15) is 10.4 Å². The number of carboxylic acids is 1. The van der Waals surface area contributed by atoms with Crippen molar-refractivity contribution in [3.63, 3.8) is 0 Å². The Kier molecular flexibility index (Phi) is 2.51. The summed E-state index contributed by atoms with van der Waals surface area (Å²) in [5, 5.41) is 8.84. The Bertz CT molecular complexity index is 523. The summed E-state index contributed by atoms with van der Waals surface area (Å²) in [7, 11) is 0. The lowest BCUT2D eigenvalue weighted by molar-refractivity contribution is 0.0697. The predicted octanol–water partition coefficient (Wildman–Crippen LogP) is 1.42. The van der Waals surface area contributed by atoms with Gasteiger partial charge in [0, 0.05) is 5.56 Å². The van der Waals surface area contributed by atoms with Crippen LogP contribution in [0.4, 0.5) is 5.69 Å². The van der Waals surface area contributed by atoms with Gasteiger partial charge in [-0.15, -0.1) is 0 Å². The highest BCUT2D eigenvalue weighted by Gasteiger charge is 2.06. The lowest BCUT2D eigenvalue weighted by Gasteiger charge is -2.01. The number of anilines is 1. The number of aromatic nitrogens is 2. The lowest BCUT2D eigenvalue weighted by Crippen LogP contribution is -1.97. The van der Waals surface area contributed by atoms with Crippen molar-refractivity contribution in [2.24, 2.45) is 0 Å². The normalized spacial score (nSPS) is 10.0. The van der Waals surface area contributed by atoms with E-state index in [1.807, 2.05) is 0 Å². The molecular weight excluding hydrogens is 206 g/mol. The number of carbonyl (C=O) groups is 1. The lowest BCUT2D eigenvalue weighted by atomic mass is 10.1. The summed E-state index contributed by atoms with van der Waals surface area (Å²) in [5.41, 5.74) is 6.79. The van der Waals surface area contributed by atoms with Crippen LogP contribution in [0.3, 0.4) is 0 Å². The Labute approximate surface area is 91.6 Å². The molecule has 0 unspecified atom stereocenters. The molecule has 0 fully saturated rings. The molecule has 0 spiro atoms. The predicted molar refractivity (Wildman–Crippen MR) is 58.8 cm³/mol. The molecule has 2 rings (SSSR count). The third kappa shape index (κ3) is 1.98. The van der Waals surface area contributed by atoms with Crippen molar-refractivity contribution < 1.29 is 9.90 Å². The first-order valence-corrected chi connectivity index (χ1v) is 4.58. The second kappa shape index (κ2) is 3.98. The average molecular weight is 215 g/mol. The Morgan fingerprint density at radius 2 is 1.94 bits per heavy atom. The van der Waals surface area contributed by atoms with Crippen molar-refractivity contribution in [2.75, 3.05) is 5.73 Å². The summed E-state index contributed by atoms with van der Waals surface area (Å²) < 4.78 is 0. The van der Waals surface area contributed by atoms with Crippen molar-refractivity contribution in [2.45, 2.75) is 0 Å². The van der Waals surface area contributed by atoms with Crippen LogP contribution in [0, 0.1) is 0 Å². The van der Waals surface area contributed by atoms with E-state index in [1.165, 1.54) is 24.5 Å². The summed E-state index contributed by atoms with van der Waals surface area (Å²) in [6.07, 6.45) is 2.96. The molecule has 16 heavy (non-hydrogen) atoms. The summed E-state index contributed by atoms with van der Waals surface area (Å²) >= 11 is 0. The first kappa shape index (κ1) is 10.1. The summed E-state index contributed by atoms with van der Waals surface area (Å²) in [6.45, 7) is 0. The molecule has 0 amide bonds. The van der Waals surface area contributed by atoms with E-state index in [4.69, 9.17) is 10.8 Å². The van der Waals surface area contributed by atoms with E-state index in [-0.39, 0.29) is 5.56 Å². The molecule has 0 saturated heterocycles. The Morgan fingerprint density at radius 1 is 1.25 bits per heavy atom. The largest absolute Gasteiger partial charge is 0.478 e. The first-order valence-electron chi connectivity index (χ1n) is 4.58. The molecule has 0 radical (unpaired) electrons. The fourth-order valence-electron chi connectivity index (χ4n) is 1.28. The molecule has 0 bridgehead atoms. The zero-order valence-electron chi connectivity index (χ0n) is 8.29. The van der Waals surface area contributed by atoms with Crippen LogP contribution in [0.5, 0.6) is 0 Å². The number of benzene rings is 1. The molecule has 0 aliphatic carbocycles. The number of nitrogens with two attached hydrogens (primary N) is 1. The van der Waals surface area contributed by atoms with Gasteiger partial charge < -0.3 is 10.8 Å². The van der Waals surface area contributed by atoms with E-state index < -0.39 is 5.97 Å². The van der Waals surface area contributed by atoms with Gasteiger partial charge >= 0.3 is 5.97 Å². The minimum Gasteiger partial charge on any atom is -0.478 e. The maximum atomic E-state index is 10.8. The van der Waals surface area contributed by atoms with Gasteiger partial charge in [0.1, 0.15) is 0 Å². The molecule has 1 heterocycles. The highest BCUT2D eigenvalue weighted by atomic mass is 16.4. The van der Waals surface area contributed by atoms with Gasteiger partial charge in [-0.25, -0.2) is 14.8 Å². The third-order valence-electron chi connectivity index (χ3n) is 2.04. The zero-order valence-corrected chi connectivity index (χ0v) is 8.29. The molecule has 5 heteroatoms. The summed E-state index contributed by atoms with van der Waals surface area (Å²) in [4.78, 5) is 18.8. The van der Waals surface area contributed by atoms with Gasteiger partial charge in [0.25, 0.3) is 0 Å². The van der Waals surface area contributed by atoms with Gasteiger partial charge in [-0.2, -0.15) is 0 Å². The molecule has 0 atom stereocenters. The Balaban J connectivity index is 2.44. The average Bonchev–Trinajstić information content (AvgIpc) is 2.30. The number of hydrogen-bond donors (Lipinski definition) is 2. The number of nitrogen functional groups attached to an aromatic ring is 1. The number of hydrogen-bond acceptors (Lipinski definition) is 4. The second-order valence-electron chi connectivity index (χ2n) is 3.23. The molecule has 80 valence electrons. The first-order chi connectivity index (χ1) is 7.66. The van der Waals surface area contributed by atoms with Crippen LogP contribution >= 0.6 is 0 Å². The van der Waals surface area contributed by atoms with Gasteiger partial charge in [0.05, 0.1) is 23.6 Å². The van der Waals surface area contributed by atoms with Crippen LogP contribution in [0.15, 0.2) is 36.7 Å². The summed E-state index contributed by atoms with van der Waals surface area (Å²) in [6, 6.07) is 6.44. The Morgan fingerprint density at radius 3 is 2.56 bits per heavy atom. The molecule has 1 aromatic carbocycles. The van der Waals surface area contributed by atoms with E-state index in [1.54, 1.807) is 12.1 Å². The van der Waals surface area contributed by atoms with Crippen LogP contribution in [-0.4, -0.2) is 21.0 Å². The fourth-order valence-corrected chi connectivity index (χ4v) is 1.28. The van der Waals surface area contributed by atoms with Crippen LogP contribution in [0.2, 0.25) is 0 Å². The topological polar surface area (TPSA) is 89.1 Å². The monoisotopic (exact) mass is 215 g/mol. The molecule has 0 saturated carbocycles. The van der Waals surface area contributed by atoms with Crippen molar-refractivity contribution in [1.82, 2.24) is 9.97 Å². The number of aromatic carboxylic acids is 1. The Hall–Kier alpha value is -2.43. The van der Waals surface area contributed by atoms with Crippen molar-refractivity contribution in [1.29, 1.82) is 0 Å². The summed E-state index contributed by atoms with van der Waals surface area (Å²) in [5.74, 6) is -0.519. The second-order valence-corrected chi connectivity index (χ2v) is 3.23. The van der Waals surface area contributed by atoms with Crippen LogP contribution in [-0.2, 0) is 0 Å². The molecule has 2 aromatic rings. The van der Waals surface area contributed by atoms with Gasteiger partial charge in [0.15, 0.2) is 5.82 Å². The highest BCUT2D eigenvalue weighted by molar-refractivity contribution is 5.89. The van der Waals surface area contributed by atoms with Crippen LogP contribution < -0.4 is 5.73 Å². The van der Waals surface area contributed by atoms with Crippen molar-refractivity contribution in [3.8, 4) is 11.4 Å². The quantitative estimate of drug-likeness (QED) is 0.790. The smallest absolute Gasteiger partial charge is 0.335 e. The third-order valence-corrected chi connectivity index (χ3v) is 2.04. The molecular formula is C11H9N3O2. The standard InChI is InChI=1S/C11H9N3O2/c12-9-5-13-10(14-6-9)7-2-1-3-8(4-7)11(15)16/h1-6H,12H2,(H,15,16). The number of nitrogens with zero attached hydrogens (tertiary/aromatic N) is 2. The fraction of sp³-hybridized carbons (Fsp3) is 0. The zero-order chi connectivity index (χ0) is 11.5. The molecule has 0 aliphatic rings. The molecule has 3 N–H and O–H groups in total. The number of rotatable bonds is 2. The molecule has 5 nitrogen and oxygen atoms in total. The van der Waals surface area contributed by atoms with E-state index in [2.05, 4.69) is 9.97 Å². The van der Waals surface area contributed by atoms with Gasteiger partial charge in [-0.05, 0) is 12.1 Å². The molecule has 1 aromatic heterocycles. The van der Waals surface area contributed by atoms with Crippen LogP contribution in [0.25, 0.3) is 11.4 Å². The van der Waals surface area contributed by atoms with Gasteiger partial charge in [0.2, 0.25) is 0 Å². The van der Waals surface area contributed by atoms with Crippen molar-refractivity contribution >= 4 is 11.7 Å². The van der Waals surface area contributed by atoms with Gasteiger partial charge in [-0.1, -0.05) is 12.1 Å².